The maximum absolute atomic E-state index is 13.0. The number of sulfonamides is 1. The van der Waals surface area contributed by atoms with Gasteiger partial charge in [0, 0.05) is 49.0 Å². The van der Waals surface area contributed by atoms with Crippen LogP contribution in [0.25, 0.3) is 11.1 Å². The number of nitrogens with zero attached hydrogens (tertiary/aromatic N) is 2. The van der Waals surface area contributed by atoms with Gasteiger partial charge in [-0.2, -0.15) is 13.2 Å². The number of amides is 1. The first kappa shape index (κ1) is 29.6. The van der Waals surface area contributed by atoms with Gasteiger partial charge in [0.2, 0.25) is 0 Å². The third kappa shape index (κ3) is 6.95. The monoisotopic (exact) mass is 613 g/mol. The van der Waals surface area contributed by atoms with Crippen LogP contribution in [0.1, 0.15) is 21.5 Å². The van der Waals surface area contributed by atoms with E-state index >= 15 is 0 Å². The molecular formula is C31H27ClF3N3O3S. The zero-order chi connectivity index (χ0) is 29.9. The van der Waals surface area contributed by atoms with Crippen molar-refractivity contribution in [3.8, 4) is 11.1 Å². The van der Waals surface area contributed by atoms with Crippen LogP contribution in [0.5, 0.6) is 0 Å². The molecule has 1 saturated heterocycles. The molecule has 0 aliphatic carbocycles. The Bertz CT molecular complexity index is 1670. The first-order chi connectivity index (χ1) is 20.0. The normalized spacial score (nSPS) is 14.5. The number of hydrogen-bond acceptors (Lipinski definition) is 5. The number of carbonyl (C=O) groups is 1. The molecule has 0 aromatic heterocycles. The summed E-state index contributed by atoms with van der Waals surface area (Å²) in [4.78, 5) is 16.5. The average Bonchev–Trinajstić information content (AvgIpc) is 2.98. The van der Waals surface area contributed by atoms with E-state index < -0.39 is 32.6 Å². The zero-order valence-electron chi connectivity index (χ0n) is 22.3. The van der Waals surface area contributed by atoms with Gasteiger partial charge in [0.1, 0.15) is 0 Å². The van der Waals surface area contributed by atoms with Gasteiger partial charge < -0.3 is 4.90 Å². The molecule has 1 amide bonds. The van der Waals surface area contributed by atoms with E-state index in [1.165, 1.54) is 23.3 Å². The van der Waals surface area contributed by atoms with Crippen LogP contribution in [-0.2, 0) is 22.7 Å². The van der Waals surface area contributed by atoms with E-state index in [9.17, 15) is 26.4 Å². The summed E-state index contributed by atoms with van der Waals surface area (Å²) in [6.07, 6.45) is -4.71. The number of rotatable bonds is 7. The second kappa shape index (κ2) is 12.2. The van der Waals surface area contributed by atoms with Crippen LogP contribution in [0.4, 0.5) is 18.9 Å². The molecule has 0 unspecified atom stereocenters. The molecule has 0 atom stereocenters. The molecule has 218 valence electrons. The van der Waals surface area contributed by atoms with Gasteiger partial charge in [-0.1, -0.05) is 54.1 Å². The maximum atomic E-state index is 13.0. The molecular weight excluding hydrogens is 587 g/mol. The summed E-state index contributed by atoms with van der Waals surface area (Å²) in [7, 11) is -4.50. The summed E-state index contributed by atoms with van der Waals surface area (Å²) in [5.41, 5.74) is 3.35. The minimum Gasteiger partial charge on any atom is -0.369 e. The van der Waals surface area contributed by atoms with E-state index in [0.717, 1.165) is 62.2 Å². The van der Waals surface area contributed by atoms with Crippen molar-refractivity contribution in [2.45, 2.75) is 17.6 Å². The lowest BCUT2D eigenvalue weighted by atomic mass is 9.99. The highest BCUT2D eigenvalue weighted by molar-refractivity contribution is 7.90. The Morgan fingerprint density at radius 1 is 0.833 bits per heavy atom. The molecule has 1 fully saturated rings. The van der Waals surface area contributed by atoms with Gasteiger partial charge in [-0.3, -0.25) is 9.69 Å². The Balaban J connectivity index is 1.19. The predicted octanol–water partition coefficient (Wildman–Crippen LogP) is 6.47. The Hall–Kier alpha value is -3.86. The number of hydrogen-bond donors (Lipinski definition) is 1. The standard InChI is InChI=1S/C31H27ClF3N3O3S/c32-26-12-8-22(9-13-26)29-7-2-1-4-24(29)21-37-16-18-38(19-17-37)27-14-10-23(11-15-27)30(39)36-42(40,41)28-6-3-5-25(20-28)31(33,34)35/h1-15,20H,16-19,21H2,(H,36,39). The van der Waals surface area contributed by atoms with Gasteiger partial charge in [-0.05, 0) is 71.3 Å². The Labute approximate surface area is 247 Å². The smallest absolute Gasteiger partial charge is 0.369 e. The van der Waals surface area contributed by atoms with Crippen molar-refractivity contribution >= 4 is 33.2 Å². The Kier molecular flexibility index (Phi) is 8.58. The van der Waals surface area contributed by atoms with Crippen molar-refractivity contribution in [2.75, 3.05) is 31.1 Å². The molecule has 42 heavy (non-hydrogen) atoms. The molecule has 0 bridgehead atoms. The van der Waals surface area contributed by atoms with Crippen molar-refractivity contribution in [1.82, 2.24) is 9.62 Å². The van der Waals surface area contributed by atoms with Crippen LogP contribution >= 0.6 is 11.6 Å². The number of alkyl halides is 3. The highest BCUT2D eigenvalue weighted by Gasteiger charge is 2.32. The van der Waals surface area contributed by atoms with Gasteiger partial charge in [0.05, 0.1) is 10.5 Å². The molecule has 1 aliphatic heterocycles. The van der Waals surface area contributed by atoms with Crippen LogP contribution in [0.15, 0.2) is 102 Å². The minimum absolute atomic E-state index is 0.0757. The van der Waals surface area contributed by atoms with Crippen LogP contribution in [-0.4, -0.2) is 45.4 Å². The molecule has 1 heterocycles. The fourth-order valence-electron chi connectivity index (χ4n) is 4.88. The summed E-state index contributed by atoms with van der Waals surface area (Å²) < 4.78 is 66.0. The second-order valence-electron chi connectivity index (χ2n) is 9.93. The summed E-state index contributed by atoms with van der Waals surface area (Å²) in [6, 6.07) is 25.8. The van der Waals surface area contributed by atoms with Crippen molar-refractivity contribution in [1.29, 1.82) is 0 Å². The second-order valence-corrected chi connectivity index (χ2v) is 12.1. The average molecular weight is 614 g/mol. The van der Waals surface area contributed by atoms with Gasteiger partial charge in [0.15, 0.2) is 0 Å². The lowest BCUT2D eigenvalue weighted by Gasteiger charge is -2.36. The number of halogens is 4. The topological polar surface area (TPSA) is 69.7 Å². The highest BCUT2D eigenvalue weighted by atomic mass is 35.5. The van der Waals surface area contributed by atoms with Crippen LogP contribution < -0.4 is 9.62 Å². The van der Waals surface area contributed by atoms with Crippen molar-refractivity contribution in [3.63, 3.8) is 0 Å². The fourth-order valence-corrected chi connectivity index (χ4v) is 6.02. The van der Waals surface area contributed by atoms with Crippen LogP contribution in [0.2, 0.25) is 5.02 Å². The molecule has 1 N–H and O–H groups in total. The van der Waals surface area contributed by atoms with Crippen LogP contribution in [0, 0.1) is 0 Å². The molecule has 0 saturated carbocycles. The molecule has 0 radical (unpaired) electrons. The molecule has 6 nitrogen and oxygen atoms in total. The summed E-state index contributed by atoms with van der Waals surface area (Å²) >= 11 is 6.06. The number of piperazine rings is 1. The zero-order valence-corrected chi connectivity index (χ0v) is 23.9. The molecule has 11 heteroatoms. The summed E-state index contributed by atoms with van der Waals surface area (Å²) in [5.74, 6) is -0.928. The summed E-state index contributed by atoms with van der Waals surface area (Å²) in [5, 5.41) is 0.696. The van der Waals surface area contributed by atoms with Crippen molar-refractivity contribution < 1.29 is 26.4 Å². The molecule has 1 aliphatic rings. The van der Waals surface area contributed by atoms with Gasteiger partial charge in [0.25, 0.3) is 15.9 Å². The Morgan fingerprint density at radius 3 is 2.17 bits per heavy atom. The van der Waals surface area contributed by atoms with E-state index in [-0.39, 0.29) is 5.56 Å². The molecule has 5 rings (SSSR count). The number of benzene rings is 4. The third-order valence-corrected chi connectivity index (χ3v) is 8.71. The van der Waals surface area contributed by atoms with E-state index in [1.807, 2.05) is 41.1 Å². The first-order valence-electron chi connectivity index (χ1n) is 13.2. The van der Waals surface area contributed by atoms with E-state index in [0.29, 0.717) is 11.1 Å². The third-order valence-electron chi connectivity index (χ3n) is 7.13. The lowest BCUT2D eigenvalue weighted by molar-refractivity contribution is -0.137. The lowest BCUT2D eigenvalue weighted by Crippen LogP contribution is -2.46. The fraction of sp³-hybridized carbons (Fsp3) is 0.194. The predicted molar refractivity (Wildman–Crippen MR) is 157 cm³/mol. The largest absolute Gasteiger partial charge is 0.416 e. The van der Waals surface area contributed by atoms with Gasteiger partial charge in [-0.25, -0.2) is 13.1 Å². The molecule has 0 spiro atoms. The minimum atomic E-state index is -4.71. The van der Waals surface area contributed by atoms with E-state index in [2.05, 4.69) is 21.9 Å². The molecule has 4 aromatic rings. The highest BCUT2D eigenvalue weighted by Crippen LogP contribution is 2.31. The maximum Gasteiger partial charge on any atom is 0.416 e. The quantitative estimate of drug-likeness (QED) is 0.259. The summed E-state index contributed by atoms with van der Waals surface area (Å²) in [6.45, 7) is 3.97. The van der Waals surface area contributed by atoms with E-state index in [4.69, 9.17) is 11.6 Å². The number of anilines is 1. The Morgan fingerprint density at radius 2 is 1.50 bits per heavy atom. The van der Waals surface area contributed by atoms with Crippen molar-refractivity contribution in [3.05, 3.63) is 119 Å². The number of nitrogens with one attached hydrogen (secondary N) is 1. The van der Waals surface area contributed by atoms with Gasteiger partial charge in [-0.15, -0.1) is 0 Å². The first-order valence-corrected chi connectivity index (χ1v) is 15.0. The SMILES string of the molecule is O=C(NS(=O)(=O)c1cccc(C(F)(F)F)c1)c1ccc(N2CCN(Cc3ccccc3-c3ccc(Cl)cc3)CC2)cc1. The molecule has 4 aromatic carbocycles. The van der Waals surface area contributed by atoms with Crippen molar-refractivity contribution in [2.24, 2.45) is 0 Å². The van der Waals surface area contributed by atoms with Gasteiger partial charge >= 0.3 is 6.18 Å². The van der Waals surface area contributed by atoms with Crippen LogP contribution in [0.3, 0.4) is 0 Å². The number of carbonyl (C=O) groups excluding carboxylic acids is 1. The van der Waals surface area contributed by atoms with E-state index in [1.54, 1.807) is 12.1 Å².